The predicted octanol–water partition coefficient (Wildman–Crippen LogP) is -0.795. The molecule has 2 aliphatic rings. The molecular weight excluding hydrogens is 222 g/mol. The Morgan fingerprint density at radius 1 is 1.80 bits per heavy atom. The second kappa shape index (κ2) is 2.52. The molecule has 1 N–H and O–H groups in total. The summed E-state index contributed by atoms with van der Waals surface area (Å²) >= 11 is 0. The molecule has 0 spiro atoms. The number of aliphatic carboxylic acids is 1. The summed E-state index contributed by atoms with van der Waals surface area (Å²) in [5.74, 6) is -3.12. The SMILES string of the molecule is [2H]C1([2H])C(=O)N2[C@H]1S(=O)(=O)C(C)(C([2H])([2H])[2H])[C@H]2C(=O)O. The number of carboxylic acid groups (broad SMARTS) is 1. The molecule has 0 saturated carbocycles. The van der Waals surface area contributed by atoms with Crippen molar-refractivity contribution >= 4 is 21.7 Å². The van der Waals surface area contributed by atoms with Crippen molar-refractivity contribution in [2.45, 2.75) is 36.3 Å². The van der Waals surface area contributed by atoms with Gasteiger partial charge >= 0.3 is 5.97 Å². The minimum Gasteiger partial charge on any atom is -0.480 e. The van der Waals surface area contributed by atoms with Gasteiger partial charge in [0.2, 0.25) is 5.91 Å². The normalized spacial score (nSPS) is 51.4. The fourth-order valence-electron chi connectivity index (χ4n) is 1.78. The lowest BCUT2D eigenvalue weighted by Crippen LogP contribution is -2.57. The lowest BCUT2D eigenvalue weighted by Gasteiger charge is -2.35. The summed E-state index contributed by atoms with van der Waals surface area (Å²) < 4.78 is 58.7. The Morgan fingerprint density at radius 2 is 2.40 bits per heavy atom. The molecule has 0 radical (unpaired) electrons. The van der Waals surface area contributed by atoms with Gasteiger partial charge in [0.1, 0.15) is 11.4 Å². The quantitative estimate of drug-likeness (QED) is 0.604. The first-order valence-electron chi connectivity index (χ1n) is 6.51. The summed E-state index contributed by atoms with van der Waals surface area (Å²) in [5, 5.41) is 7.05. The van der Waals surface area contributed by atoms with Crippen LogP contribution in [0.4, 0.5) is 0 Å². The summed E-state index contributed by atoms with van der Waals surface area (Å²) in [4.78, 5) is 23.2. The standard InChI is InChI=1S/C8H11NO5S/c1-8(2)6(7(11)12)9-4(10)3-5(9)15(8,13)14/h5-6H,3H2,1-2H3,(H,11,12)/t5-,6+/m0/s1/i1D3,3D2/t5-,6+,8?. The predicted molar refractivity (Wildman–Crippen MR) is 49.7 cm³/mol. The zero-order valence-electron chi connectivity index (χ0n) is 12.6. The van der Waals surface area contributed by atoms with Crippen LogP contribution in [0.1, 0.15) is 27.0 Å². The summed E-state index contributed by atoms with van der Waals surface area (Å²) in [5.41, 5.74) is 0. The van der Waals surface area contributed by atoms with E-state index in [1.165, 1.54) is 0 Å². The van der Waals surface area contributed by atoms with Crippen LogP contribution in [0.5, 0.6) is 0 Å². The van der Waals surface area contributed by atoms with Crippen LogP contribution in [0.15, 0.2) is 0 Å². The number of nitrogens with zero attached hydrogens (tertiary/aromatic N) is 1. The molecule has 3 atom stereocenters. The number of carbonyl (C=O) groups is 2. The van der Waals surface area contributed by atoms with E-state index < -0.39 is 51.1 Å². The largest absolute Gasteiger partial charge is 0.480 e. The maximum atomic E-state index is 12.3. The molecule has 2 heterocycles. The minimum atomic E-state index is -4.73. The van der Waals surface area contributed by atoms with Gasteiger partial charge in [0, 0.05) is 6.85 Å². The van der Waals surface area contributed by atoms with Gasteiger partial charge in [0.25, 0.3) is 0 Å². The molecule has 2 fully saturated rings. The highest BCUT2D eigenvalue weighted by molar-refractivity contribution is 7.93. The molecule has 6 nitrogen and oxygen atoms in total. The summed E-state index contributed by atoms with van der Waals surface area (Å²) in [6.07, 6.45) is -2.81. The van der Waals surface area contributed by atoms with Crippen LogP contribution in [0.25, 0.3) is 0 Å². The maximum Gasteiger partial charge on any atom is 0.328 e. The van der Waals surface area contributed by atoms with E-state index in [1.54, 1.807) is 0 Å². The Hall–Kier alpha value is -1.11. The Morgan fingerprint density at radius 3 is 2.87 bits per heavy atom. The third-order valence-electron chi connectivity index (χ3n) is 2.65. The van der Waals surface area contributed by atoms with E-state index in [2.05, 4.69) is 0 Å². The topological polar surface area (TPSA) is 91.8 Å². The molecule has 7 heteroatoms. The molecule has 0 aromatic heterocycles. The summed E-state index contributed by atoms with van der Waals surface area (Å²) in [7, 11) is -4.73. The van der Waals surface area contributed by atoms with Gasteiger partial charge in [0.05, 0.1) is 11.1 Å². The maximum absolute atomic E-state index is 12.3. The van der Waals surface area contributed by atoms with Gasteiger partial charge in [-0.15, -0.1) is 0 Å². The molecular formula is C8H11NO5S. The zero-order chi connectivity index (χ0) is 15.9. The number of fused-ring (bicyclic) bond motifs is 1. The average Bonchev–Trinajstić information content (AvgIpc) is 2.42. The number of amides is 1. The molecule has 2 rings (SSSR count). The van der Waals surface area contributed by atoms with Crippen LogP contribution in [-0.2, 0) is 19.4 Å². The van der Waals surface area contributed by atoms with Crippen LogP contribution >= 0.6 is 0 Å². The first-order valence-corrected chi connectivity index (χ1v) is 5.56. The van der Waals surface area contributed by atoms with Gasteiger partial charge in [0.15, 0.2) is 9.84 Å². The fraction of sp³-hybridized carbons (Fsp3) is 0.750. The fourth-order valence-corrected chi connectivity index (χ4v) is 3.54. The van der Waals surface area contributed by atoms with E-state index in [4.69, 9.17) is 12.0 Å². The highest BCUT2D eigenvalue weighted by Crippen LogP contribution is 2.45. The van der Waals surface area contributed by atoms with Crippen LogP contribution in [0, 0.1) is 0 Å². The van der Waals surface area contributed by atoms with E-state index in [1.807, 2.05) is 0 Å². The van der Waals surface area contributed by atoms with E-state index in [0.29, 0.717) is 4.90 Å². The molecule has 0 bridgehead atoms. The second-order valence-electron chi connectivity index (χ2n) is 3.60. The van der Waals surface area contributed by atoms with Crippen molar-refractivity contribution < 1.29 is 30.0 Å². The van der Waals surface area contributed by atoms with Crippen LogP contribution in [0.3, 0.4) is 0 Å². The Bertz CT molecular complexity index is 613. The Labute approximate surface area is 93.8 Å². The number of carboxylic acids is 1. The molecule has 0 aromatic rings. The molecule has 0 aliphatic carbocycles. The smallest absolute Gasteiger partial charge is 0.328 e. The van der Waals surface area contributed by atoms with Gasteiger partial charge in [-0.2, -0.15) is 0 Å². The van der Waals surface area contributed by atoms with Crippen LogP contribution in [0.2, 0.25) is 0 Å². The van der Waals surface area contributed by atoms with Gasteiger partial charge in [-0.3, -0.25) is 4.79 Å². The van der Waals surface area contributed by atoms with Crippen LogP contribution < -0.4 is 0 Å². The van der Waals surface area contributed by atoms with E-state index >= 15 is 0 Å². The summed E-state index contributed by atoms with van der Waals surface area (Å²) in [6.45, 7) is -2.50. The van der Waals surface area contributed by atoms with Crippen molar-refractivity contribution in [2.24, 2.45) is 0 Å². The number of rotatable bonds is 1. The lowest BCUT2D eigenvalue weighted by atomic mass is 9.98. The molecule has 1 amide bonds. The van der Waals surface area contributed by atoms with Crippen molar-refractivity contribution in [1.82, 2.24) is 4.90 Å². The van der Waals surface area contributed by atoms with Gasteiger partial charge in [-0.25, -0.2) is 13.2 Å². The molecule has 84 valence electrons. The molecule has 15 heavy (non-hydrogen) atoms. The first kappa shape index (κ1) is 5.83. The Balaban J connectivity index is 2.76. The first-order chi connectivity index (χ1) is 8.72. The van der Waals surface area contributed by atoms with Gasteiger partial charge in [-0.05, 0) is 13.8 Å². The monoisotopic (exact) mass is 238 g/mol. The molecule has 2 saturated heterocycles. The highest BCUT2D eigenvalue weighted by Gasteiger charge is 2.67. The minimum absolute atomic E-state index is 0.310. The van der Waals surface area contributed by atoms with Crippen LogP contribution in [-0.4, -0.2) is 46.5 Å². The number of hydrogen-bond donors (Lipinski definition) is 1. The second-order valence-corrected chi connectivity index (χ2v) is 5.99. The van der Waals surface area contributed by atoms with Crippen molar-refractivity contribution in [2.75, 3.05) is 0 Å². The number of β-lactam (4-membered cyclic amide) rings is 1. The van der Waals surface area contributed by atoms with Crippen molar-refractivity contribution in [3.05, 3.63) is 0 Å². The number of carbonyl (C=O) groups excluding carboxylic acids is 1. The van der Waals surface area contributed by atoms with E-state index in [9.17, 15) is 18.0 Å². The van der Waals surface area contributed by atoms with Gasteiger partial charge in [-0.1, -0.05) is 0 Å². The lowest BCUT2D eigenvalue weighted by molar-refractivity contribution is -0.157. The average molecular weight is 238 g/mol. The molecule has 2 aliphatic heterocycles. The van der Waals surface area contributed by atoms with Gasteiger partial charge < -0.3 is 10.0 Å². The third kappa shape index (κ3) is 0.961. The van der Waals surface area contributed by atoms with Crippen molar-refractivity contribution in [1.29, 1.82) is 0 Å². The summed E-state index contributed by atoms with van der Waals surface area (Å²) in [6, 6.07) is -2.14. The van der Waals surface area contributed by atoms with Crippen molar-refractivity contribution in [3.8, 4) is 0 Å². The zero-order valence-corrected chi connectivity index (χ0v) is 8.41. The molecule has 1 unspecified atom stereocenters. The number of hydrogen-bond acceptors (Lipinski definition) is 4. The van der Waals surface area contributed by atoms with E-state index in [0.717, 1.165) is 6.92 Å². The third-order valence-corrected chi connectivity index (χ3v) is 4.99. The highest BCUT2D eigenvalue weighted by atomic mass is 32.2. The van der Waals surface area contributed by atoms with E-state index in [-0.39, 0.29) is 0 Å². The Kier molecular flexibility index (Phi) is 0.980. The number of sulfone groups is 1. The van der Waals surface area contributed by atoms with Crippen molar-refractivity contribution in [3.63, 3.8) is 0 Å². The molecule has 0 aromatic carbocycles.